The second-order valence-corrected chi connectivity index (χ2v) is 9.29. The molecule has 0 saturated carbocycles. The SMILES string of the molecule is Cc1cccc2c(-c3ccccc3)c(C(=O)NN=Cc3cc(Br)ccc3OC(=O)c3ccccc3)[nH]c12. The van der Waals surface area contributed by atoms with E-state index in [0.29, 0.717) is 22.6 Å². The van der Waals surface area contributed by atoms with Gasteiger partial charge in [0, 0.05) is 26.5 Å². The summed E-state index contributed by atoms with van der Waals surface area (Å²) in [6.45, 7) is 2.00. The Bertz CT molecular complexity index is 1630. The van der Waals surface area contributed by atoms with E-state index in [4.69, 9.17) is 4.74 Å². The normalized spacial score (nSPS) is 11.1. The third-order valence-electron chi connectivity index (χ3n) is 5.89. The van der Waals surface area contributed by atoms with E-state index in [1.165, 1.54) is 6.21 Å². The van der Waals surface area contributed by atoms with Gasteiger partial charge >= 0.3 is 5.97 Å². The molecular weight excluding hydrogens is 530 g/mol. The number of esters is 1. The van der Waals surface area contributed by atoms with Crippen molar-refractivity contribution in [2.45, 2.75) is 6.92 Å². The Morgan fingerprint density at radius 2 is 1.65 bits per heavy atom. The molecule has 0 unspecified atom stereocenters. The maximum absolute atomic E-state index is 13.3. The van der Waals surface area contributed by atoms with Crippen LogP contribution in [0.3, 0.4) is 0 Å². The molecule has 1 aromatic heterocycles. The third kappa shape index (κ3) is 5.22. The van der Waals surface area contributed by atoms with Crippen molar-refractivity contribution >= 4 is 44.9 Å². The molecule has 4 aromatic carbocycles. The van der Waals surface area contributed by atoms with Gasteiger partial charge in [0.05, 0.1) is 11.8 Å². The van der Waals surface area contributed by atoms with Gasteiger partial charge in [-0.2, -0.15) is 5.10 Å². The number of hydrogen-bond donors (Lipinski definition) is 2. The molecule has 1 amide bonds. The van der Waals surface area contributed by atoms with Crippen molar-refractivity contribution in [2.75, 3.05) is 0 Å². The largest absolute Gasteiger partial charge is 0.422 e. The van der Waals surface area contributed by atoms with Crippen molar-refractivity contribution in [2.24, 2.45) is 5.10 Å². The predicted octanol–water partition coefficient (Wildman–Crippen LogP) is 6.89. The van der Waals surface area contributed by atoms with E-state index < -0.39 is 5.97 Å². The number of rotatable bonds is 6. The number of fused-ring (bicyclic) bond motifs is 1. The average molecular weight is 552 g/mol. The zero-order valence-corrected chi connectivity index (χ0v) is 21.5. The quantitative estimate of drug-likeness (QED) is 0.104. The highest BCUT2D eigenvalue weighted by atomic mass is 79.9. The summed E-state index contributed by atoms with van der Waals surface area (Å²) in [6, 6.07) is 29.7. The van der Waals surface area contributed by atoms with Gasteiger partial charge in [0.2, 0.25) is 0 Å². The maximum atomic E-state index is 13.3. The number of benzene rings is 4. The average Bonchev–Trinajstić information content (AvgIpc) is 3.32. The molecular formula is C30H22BrN3O3. The van der Waals surface area contributed by atoms with Gasteiger partial charge in [0.1, 0.15) is 11.4 Å². The molecule has 0 fully saturated rings. The molecule has 2 N–H and O–H groups in total. The Hall–Kier alpha value is -4.49. The number of aryl methyl sites for hydroxylation is 1. The van der Waals surface area contributed by atoms with Crippen LogP contribution in [0.15, 0.2) is 107 Å². The predicted molar refractivity (Wildman–Crippen MR) is 149 cm³/mol. The van der Waals surface area contributed by atoms with Crippen LogP contribution in [-0.4, -0.2) is 23.1 Å². The molecule has 6 nitrogen and oxygen atoms in total. The summed E-state index contributed by atoms with van der Waals surface area (Å²) in [6.07, 6.45) is 1.45. The maximum Gasteiger partial charge on any atom is 0.343 e. The summed E-state index contributed by atoms with van der Waals surface area (Å²) >= 11 is 3.43. The lowest BCUT2D eigenvalue weighted by atomic mass is 10.0. The fourth-order valence-corrected chi connectivity index (χ4v) is 4.48. The Labute approximate surface area is 222 Å². The number of aromatic amines is 1. The lowest BCUT2D eigenvalue weighted by molar-refractivity contribution is 0.0734. The van der Waals surface area contributed by atoms with E-state index in [2.05, 4.69) is 31.4 Å². The summed E-state index contributed by atoms with van der Waals surface area (Å²) in [7, 11) is 0. The van der Waals surface area contributed by atoms with Crippen LogP contribution in [0.25, 0.3) is 22.0 Å². The van der Waals surface area contributed by atoms with Crippen LogP contribution in [-0.2, 0) is 0 Å². The summed E-state index contributed by atoms with van der Waals surface area (Å²) in [5, 5.41) is 5.13. The van der Waals surface area contributed by atoms with Gasteiger partial charge in [-0.25, -0.2) is 10.2 Å². The third-order valence-corrected chi connectivity index (χ3v) is 6.38. The van der Waals surface area contributed by atoms with Gasteiger partial charge < -0.3 is 9.72 Å². The van der Waals surface area contributed by atoms with E-state index in [9.17, 15) is 9.59 Å². The Kier molecular flexibility index (Phi) is 6.96. The lowest BCUT2D eigenvalue weighted by Gasteiger charge is -2.08. The molecule has 0 aliphatic heterocycles. The lowest BCUT2D eigenvalue weighted by Crippen LogP contribution is -2.19. The molecule has 5 aromatic rings. The topological polar surface area (TPSA) is 83.5 Å². The van der Waals surface area contributed by atoms with Crippen molar-refractivity contribution in [3.8, 4) is 16.9 Å². The molecule has 37 heavy (non-hydrogen) atoms. The fraction of sp³-hybridized carbons (Fsp3) is 0.0333. The van der Waals surface area contributed by atoms with Gasteiger partial charge in [-0.1, -0.05) is 82.7 Å². The highest BCUT2D eigenvalue weighted by molar-refractivity contribution is 9.10. The first-order chi connectivity index (χ1) is 18.0. The van der Waals surface area contributed by atoms with Gasteiger partial charge in [-0.15, -0.1) is 0 Å². The highest BCUT2D eigenvalue weighted by Crippen LogP contribution is 2.33. The molecule has 5 rings (SSSR count). The monoisotopic (exact) mass is 551 g/mol. The Morgan fingerprint density at radius 3 is 2.41 bits per heavy atom. The number of hydrogen-bond acceptors (Lipinski definition) is 4. The first-order valence-corrected chi connectivity index (χ1v) is 12.4. The number of para-hydroxylation sites is 1. The summed E-state index contributed by atoms with van der Waals surface area (Å²) in [5.41, 5.74) is 7.66. The highest BCUT2D eigenvalue weighted by Gasteiger charge is 2.20. The standard InChI is InChI=1S/C30H22BrN3O3/c1-19-9-8-14-24-26(20-10-4-2-5-11-20)28(33-27(19)24)29(35)34-32-18-22-17-23(31)15-16-25(22)37-30(36)21-12-6-3-7-13-21/h2-18,33H,1H3,(H,34,35). The van der Waals surface area contributed by atoms with Crippen LogP contribution in [0.1, 0.15) is 32.0 Å². The van der Waals surface area contributed by atoms with Crippen molar-refractivity contribution in [1.29, 1.82) is 0 Å². The van der Waals surface area contributed by atoms with E-state index >= 15 is 0 Å². The van der Waals surface area contributed by atoms with Crippen LogP contribution >= 0.6 is 15.9 Å². The summed E-state index contributed by atoms with van der Waals surface area (Å²) in [5.74, 6) is -0.549. The zero-order chi connectivity index (χ0) is 25.8. The number of ether oxygens (including phenoxy) is 1. The van der Waals surface area contributed by atoms with E-state index in [-0.39, 0.29) is 5.91 Å². The minimum Gasteiger partial charge on any atom is -0.422 e. The minimum atomic E-state index is -0.484. The Balaban J connectivity index is 1.42. The number of carbonyl (C=O) groups excluding carboxylic acids is 2. The molecule has 7 heteroatoms. The first-order valence-electron chi connectivity index (χ1n) is 11.6. The summed E-state index contributed by atoms with van der Waals surface area (Å²) < 4.78 is 6.36. The van der Waals surface area contributed by atoms with Gasteiger partial charge in [-0.3, -0.25) is 4.79 Å². The van der Waals surface area contributed by atoms with Crippen molar-refractivity contribution in [3.05, 3.63) is 124 Å². The number of carbonyl (C=O) groups is 2. The molecule has 1 heterocycles. The molecule has 0 radical (unpaired) electrons. The van der Waals surface area contributed by atoms with E-state index in [0.717, 1.165) is 32.1 Å². The van der Waals surface area contributed by atoms with Crippen LogP contribution in [0.5, 0.6) is 5.75 Å². The van der Waals surface area contributed by atoms with Crippen molar-refractivity contribution in [1.82, 2.24) is 10.4 Å². The number of hydrazone groups is 1. The molecule has 0 bridgehead atoms. The van der Waals surface area contributed by atoms with Crippen LogP contribution in [0, 0.1) is 6.92 Å². The second-order valence-electron chi connectivity index (χ2n) is 8.38. The number of amides is 1. The second kappa shape index (κ2) is 10.6. The fourth-order valence-electron chi connectivity index (χ4n) is 4.10. The molecule has 182 valence electrons. The molecule has 0 aliphatic rings. The molecule has 0 atom stereocenters. The summed E-state index contributed by atoms with van der Waals surface area (Å²) in [4.78, 5) is 29.1. The Morgan fingerprint density at radius 1 is 0.919 bits per heavy atom. The van der Waals surface area contributed by atoms with Crippen LogP contribution in [0.2, 0.25) is 0 Å². The first kappa shape index (κ1) is 24.2. The number of H-pyrrole nitrogens is 1. The van der Waals surface area contributed by atoms with Gasteiger partial charge in [-0.05, 0) is 48.4 Å². The zero-order valence-electron chi connectivity index (χ0n) is 19.9. The number of aromatic nitrogens is 1. The number of nitrogens with one attached hydrogen (secondary N) is 2. The van der Waals surface area contributed by atoms with Gasteiger partial charge in [0.15, 0.2) is 0 Å². The van der Waals surface area contributed by atoms with Crippen molar-refractivity contribution in [3.63, 3.8) is 0 Å². The molecule has 0 saturated heterocycles. The minimum absolute atomic E-state index is 0.321. The van der Waals surface area contributed by atoms with Gasteiger partial charge in [0.25, 0.3) is 5.91 Å². The smallest absolute Gasteiger partial charge is 0.343 e. The number of nitrogens with zero attached hydrogens (tertiary/aromatic N) is 1. The van der Waals surface area contributed by atoms with E-state index in [1.54, 1.807) is 42.5 Å². The van der Waals surface area contributed by atoms with E-state index in [1.807, 2.05) is 61.5 Å². The number of halogens is 1. The molecule has 0 aliphatic carbocycles. The van der Waals surface area contributed by atoms with Crippen molar-refractivity contribution < 1.29 is 14.3 Å². The van der Waals surface area contributed by atoms with Crippen LogP contribution in [0.4, 0.5) is 0 Å². The molecule has 0 spiro atoms. The van der Waals surface area contributed by atoms with Crippen LogP contribution < -0.4 is 10.2 Å².